The van der Waals surface area contributed by atoms with Crippen LogP contribution in [0.4, 0.5) is 10.8 Å². The SMILES string of the molecule is Cc1ccc(/C=N/N(C(=O)c2cc3cc([N+](=O)[O-])ccc3s2)c2nc3ccc(C)cc3s2)cc1. The van der Waals surface area contributed by atoms with Crippen molar-refractivity contribution in [2.45, 2.75) is 13.8 Å². The smallest absolute Gasteiger partial charge is 0.266 e. The van der Waals surface area contributed by atoms with Gasteiger partial charge >= 0.3 is 0 Å². The predicted molar refractivity (Wildman–Crippen MR) is 138 cm³/mol. The zero-order valence-corrected chi connectivity index (χ0v) is 19.9. The van der Waals surface area contributed by atoms with Gasteiger partial charge in [0.2, 0.25) is 5.13 Å². The van der Waals surface area contributed by atoms with Gasteiger partial charge in [0.1, 0.15) is 0 Å². The molecule has 0 aliphatic carbocycles. The minimum Gasteiger partial charge on any atom is -0.266 e. The van der Waals surface area contributed by atoms with Gasteiger partial charge in [-0.25, -0.2) is 4.98 Å². The maximum atomic E-state index is 13.6. The van der Waals surface area contributed by atoms with E-state index in [1.807, 2.05) is 56.3 Å². The molecule has 0 unspecified atom stereocenters. The molecule has 34 heavy (non-hydrogen) atoms. The number of aromatic nitrogens is 1. The van der Waals surface area contributed by atoms with Gasteiger partial charge in [0.25, 0.3) is 11.6 Å². The molecule has 0 fully saturated rings. The molecule has 5 aromatic rings. The predicted octanol–water partition coefficient (Wildman–Crippen LogP) is 6.72. The number of amides is 1. The third-order valence-electron chi connectivity index (χ3n) is 5.23. The summed E-state index contributed by atoms with van der Waals surface area (Å²) in [6.45, 7) is 4.01. The second-order valence-electron chi connectivity index (χ2n) is 7.83. The first-order valence-electron chi connectivity index (χ1n) is 10.4. The Morgan fingerprint density at radius 2 is 1.74 bits per heavy atom. The molecule has 5 rings (SSSR count). The van der Waals surface area contributed by atoms with Gasteiger partial charge in [-0.05, 0) is 49.2 Å². The lowest BCUT2D eigenvalue weighted by molar-refractivity contribution is -0.384. The maximum absolute atomic E-state index is 13.6. The van der Waals surface area contributed by atoms with Crippen LogP contribution in [0.2, 0.25) is 0 Å². The highest BCUT2D eigenvalue weighted by Gasteiger charge is 2.23. The molecule has 9 heteroatoms. The third-order valence-corrected chi connectivity index (χ3v) is 7.33. The number of thiophene rings is 1. The van der Waals surface area contributed by atoms with E-state index in [1.54, 1.807) is 18.3 Å². The lowest BCUT2D eigenvalue weighted by Crippen LogP contribution is -2.24. The summed E-state index contributed by atoms with van der Waals surface area (Å²) in [6, 6.07) is 20.0. The summed E-state index contributed by atoms with van der Waals surface area (Å²) in [6.07, 6.45) is 1.63. The van der Waals surface area contributed by atoms with E-state index in [4.69, 9.17) is 0 Å². The minimum absolute atomic E-state index is 0.0138. The molecule has 7 nitrogen and oxygen atoms in total. The molecule has 0 saturated carbocycles. The van der Waals surface area contributed by atoms with Crippen molar-refractivity contribution in [2.24, 2.45) is 5.10 Å². The number of carbonyl (C=O) groups excluding carboxylic acids is 1. The van der Waals surface area contributed by atoms with Crippen molar-refractivity contribution in [1.29, 1.82) is 0 Å². The van der Waals surface area contributed by atoms with Crippen molar-refractivity contribution >= 4 is 65.9 Å². The van der Waals surface area contributed by atoms with Crippen LogP contribution in [0.3, 0.4) is 0 Å². The molecule has 0 aliphatic rings. The fourth-order valence-corrected chi connectivity index (χ4v) is 5.42. The van der Waals surface area contributed by atoms with E-state index in [0.29, 0.717) is 15.4 Å². The van der Waals surface area contributed by atoms with Gasteiger partial charge < -0.3 is 0 Å². The molecule has 3 aromatic carbocycles. The van der Waals surface area contributed by atoms with Gasteiger partial charge in [0.15, 0.2) is 0 Å². The molecule has 0 bridgehead atoms. The van der Waals surface area contributed by atoms with Gasteiger partial charge in [-0.15, -0.1) is 11.3 Å². The number of nitrogens with zero attached hydrogens (tertiary/aromatic N) is 4. The van der Waals surface area contributed by atoms with E-state index >= 15 is 0 Å². The molecule has 168 valence electrons. The van der Waals surface area contributed by atoms with Crippen molar-refractivity contribution in [3.8, 4) is 0 Å². The number of rotatable bonds is 5. The normalized spacial score (nSPS) is 11.5. The van der Waals surface area contributed by atoms with E-state index in [1.165, 1.54) is 39.8 Å². The van der Waals surface area contributed by atoms with Crippen molar-refractivity contribution < 1.29 is 9.72 Å². The largest absolute Gasteiger partial charge is 0.290 e. The van der Waals surface area contributed by atoms with Crippen LogP contribution in [0.15, 0.2) is 71.8 Å². The van der Waals surface area contributed by atoms with Crippen molar-refractivity contribution in [3.63, 3.8) is 0 Å². The Morgan fingerprint density at radius 1 is 0.971 bits per heavy atom. The standard InChI is InChI=1S/C25H18N4O3S2/c1-15-3-6-17(7-4-15)14-26-28(25-27-20-9-5-16(2)11-22(20)34-25)24(30)23-13-18-12-19(29(31)32)8-10-21(18)33-23/h3-14H,1-2H3/b26-14+. The number of fused-ring (bicyclic) bond motifs is 2. The Morgan fingerprint density at radius 3 is 2.50 bits per heavy atom. The van der Waals surface area contributed by atoms with E-state index in [2.05, 4.69) is 10.1 Å². The lowest BCUT2D eigenvalue weighted by Gasteiger charge is -2.12. The van der Waals surface area contributed by atoms with Gasteiger partial charge in [0.05, 0.1) is 26.2 Å². The second-order valence-corrected chi connectivity index (χ2v) is 9.92. The molecule has 0 atom stereocenters. The van der Waals surface area contributed by atoms with E-state index in [0.717, 1.165) is 31.6 Å². The van der Waals surface area contributed by atoms with Crippen molar-refractivity contribution in [2.75, 3.05) is 5.01 Å². The molecule has 0 spiro atoms. The van der Waals surface area contributed by atoms with E-state index in [-0.39, 0.29) is 11.6 Å². The first kappa shape index (κ1) is 21.9. The highest BCUT2D eigenvalue weighted by Crippen LogP contribution is 2.34. The van der Waals surface area contributed by atoms with Crippen LogP contribution < -0.4 is 5.01 Å². The maximum Gasteiger partial charge on any atom is 0.290 e. The first-order valence-corrected chi connectivity index (χ1v) is 12.0. The average Bonchev–Trinajstić information content (AvgIpc) is 3.43. The van der Waals surface area contributed by atoms with Crippen LogP contribution in [-0.2, 0) is 0 Å². The fourth-order valence-electron chi connectivity index (χ4n) is 3.43. The number of aryl methyl sites for hydroxylation is 2. The van der Waals surface area contributed by atoms with Crippen LogP contribution >= 0.6 is 22.7 Å². The summed E-state index contributed by atoms with van der Waals surface area (Å²) in [5, 5.41) is 18.0. The number of nitro benzene ring substituents is 1. The Hall–Kier alpha value is -3.95. The van der Waals surface area contributed by atoms with E-state index in [9.17, 15) is 14.9 Å². The monoisotopic (exact) mass is 486 g/mol. The van der Waals surface area contributed by atoms with Crippen LogP contribution in [-0.4, -0.2) is 22.0 Å². The lowest BCUT2D eigenvalue weighted by atomic mass is 10.2. The number of nitro groups is 1. The molecule has 0 saturated heterocycles. The van der Waals surface area contributed by atoms with Gasteiger partial charge in [-0.3, -0.25) is 14.9 Å². The zero-order chi connectivity index (χ0) is 23.8. The number of hydrogen-bond acceptors (Lipinski definition) is 7. The molecule has 1 amide bonds. The molecule has 0 N–H and O–H groups in total. The number of anilines is 1. The fraction of sp³-hybridized carbons (Fsp3) is 0.0800. The highest BCUT2D eigenvalue weighted by atomic mass is 32.1. The van der Waals surface area contributed by atoms with Crippen molar-refractivity contribution in [3.05, 3.63) is 98.4 Å². The minimum atomic E-state index is -0.445. The number of hydrogen-bond donors (Lipinski definition) is 0. The van der Waals surface area contributed by atoms with Gasteiger partial charge in [-0.1, -0.05) is 47.2 Å². The average molecular weight is 487 g/mol. The topological polar surface area (TPSA) is 88.7 Å². The van der Waals surface area contributed by atoms with E-state index < -0.39 is 4.92 Å². The second kappa shape index (κ2) is 8.77. The Labute approximate surface area is 202 Å². The summed E-state index contributed by atoms with van der Waals surface area (Å²) in [4.78, 5) is 29.4. The number of benzene rings is 3. The summed E-state index contributed by atoms with van der Waals surface area (Å²) in [5.74, 6) is -0.344. The quantitative estimate of drug-likeness (QED) is 0.157. The Kier molecular flexibility index (Phi) is 5.64. The van der Waals surface area contributed by atoms with Crippen LogP contribution in [0.1, 0.15) is 26.4 Å². The molecular weight excluding hydrogens is 468 g/mol. The molecular formula is C25H18N4O3S2. The molecule has 2 heterocycles. The highest BCUT2D eigenvalue weighted by molar-refractivity contribution is 7.23. The van der Waals surface area contributed by atoms with Crippen molar-refractivity contribution in [1.82, 2.24) is 4.98 Å². The number of carbonyl (C=O) groups is 1. The van der Waals surface area contributed by atoms with Gasteiger partial charge in [0, 0.05) is 22.2 Å². The third kappa shape index (κ3) is 4.30. The molecule has 0 aliphatic heterocycles. The van der Waals surface area contributed by atoms with Crippen LogP contribution in [0, 0.1) is 24.0 Å². The Balaban J connectivity index is 1.57. The zero-order valence-electron chi connectivity index (χ0n) is 18.3. The molecule has 2 aromatic heterocycles. The first-order chi connectivity index (χ1) is 16.4. The summed E-state index contributed by atoms with van der Waals surface area (Å²) < 4.78 is 1.75. The Bertz CT molecular complexity index is 1590. The summed E-state index contributed by atoms with van der Waals surface area (Å²) >= 11 is 2.66. The summed E-state index contributed by atoms with van der Waals surface area (Å²) in [5.41, 5.74) is 3.87. The molecule has 0 radical (unpaired) electrons. The van der Waals surface area contributed by atoms with Crippen LogP contribution in [0.25, 0.3) is 20.3 Å². The number of non-ortho nitro benzene ring substituents is 1. The number of thiazole rings is 1. The number of hydrazone groups is 1. The van der Waals surface area contributed by atoms with Crippen LogP contribution in [0.5, 0.6) is 0 Å². The van der Waals surface area contributed by atoms with Gasteiger partial charge in [-0.2, -0.15) is 10.1 Å². The summed E-state index contributed by atoms with van der Waals surface area (Å²) in [7, 11) is 0.